The lowest BCUT2D eigenvalue weighted by Gasteiger charge is -2.08. The predicted octanol–water partition coefficient (Wildman–Crippen LogP) is 3.06. The molecule has 0 aromatic heterocycles. The second kappa shape index (κ2) is 8.06. The average molecular weight is 307 g/mol. The summed E-state index contributed by atoms with van der Waals surface area (Å²) in [5.41, 5.74) is 6.20. The van der Waals surface area contributed by atoms with E-state index in [9.17, 15) is 13.2 Å². The van der Waals surface area contributed by atoms with Crippen LogP contribution in [0.3, 0.4) is 0 Å². The SMILES string of the molecule is NC(=S)c1ccc(OCCOCCCC(F)(F)F)cc1. The predicted molar refractivity (Wildman–Crippen MR) is 73.9 cm³/mol. The van der Waals surface area contributed by atoms with Gasteiger partial charge in [-0.15, -0.1) is 0 Å². The molecule has 3 nitrogen and oxygen atoms in total. The number of halogens is 3. The summed E-state index contributed by atoms with van der Waals surface area (Å²) in [6, 6.07) is 6.92. The molecule has 0 aliphatic rings. The molecule has 1 aromatic rings. The summed E-state index contributed by atoms with van der Waals surface area (Å²) in [5, 5.41) is 0. The van der Waals surface area contributed by atoms with Crippen LogP contribution in [0, 0.1) is 0 Å². The molecule has 0 aliphatic heterocycles. The fourth-order valence-corrected chi connectivity index (χ4v) is 1.55. The highest BCUT2D eigenvalue weighted by atomic mass is 32.1. The molecule has 1 aromatic carbocycles. The van der Waals surface area contributed by atoms with Gasteiger partial charge in [-0.25, -0.2) is 0 Å². The second-order valence-electron chi connectivity index (χ2n) is 4.07. The van der Waals surface area contributed by atoms with Crippen molar-refractivity contribution in [1.82, 2.24) is 0 Å². The molecule has 112 valence electrons. The van der Waals surface area contributed by atoms with Crippen LogP contribution in [0.4, 0.5) is 13.2 Å². The lowest BCUT2D eigenvalue weighted by molar-refractivity contribution is -0.138. The fourth-order valence-electron chi connectivity index (χ4n) is 1.41. The van der Waals surface area contributed by atoms with Gasteiger partial charge >= 0.3 is 6.18 Å². The van der Waals surface area contributed by atoms with Gasteiger partial charge in [0.25, 0.3) is 0 Å². The number of hydrogen-bond donors (Lipinski definition) is 1. The molecule has 0 unspecified atom stereocenters. The van der Waals surface area contributed by atoms with Crippen LogP contribution in [0.25, 0.3) is 0 Å². The summed E-state index contributed by atoms with van der Waals surface area (Å²) in [6.45, 7) is 0.594. The van der Waals surface area contributed by atoms with Gasteiger partial charge in [-0.3, -0.25) is 0 Å². The first-order chi connectivity index (χ1) is 9.38. The number of hydrogen-bond acceptors (Lipinski definition) is 3. The zero-order chi connectivity index (χ0) is 15.0. The van der Waals surface area contributed by atoms with Crippen molar-refractivity contribution in [3.8, 4) is 5.75 Å². The Morgan fingerprint density at radius 3 is 2.30 bits per heavy atom. The van der Waals surface area contributed by atoms with Gasteiger partial charge in [0.2, 0.25) is 0 Å². The molecule has 0 bridgehead atoms. The molecule has 0 aliphatic carbocycles. The van der Waals surface area contributed by atoms with Gasteiger partial charge in [0.05, 0.1) is 6.61 Å². The van der Waals surface area contributed by atoms with Crippen molar-refractivity contribution >= 4 is 17.2 Å². The summed E-state index contributed by atoms with van der Waals surface area (Å²) in [6.07, 6.45) is -4.98. The van der Waals surface area contributed by atoms with Crippen molar-refractivity contribution in [3.63, 3.8) is 0 Å². The molecule has 0 saturated carbocycles. The number of ether oxygens (including phenoxy) is 2. The van der Waals surface area contributed by atoms with Gasteiger partial charge in [-0.2, -0.15) is 13.2 Å². The topological polar surface area (TPSA) is 44.5 Å². The fraction of sp³-hybridized carbons (Fsp3) is 0.462. The zero-order valence-electron chi connectivity index (χ0n) is 10.8. The van der Waals surface area contributed by atoms with E-state index in [-0.39, 0.29) is 26.2 Å². The monoisotopic (exact) mass is 307 g/mol. The normalized spacial score (nSPS) is 11.3. The molecule has 2 N–H and O–H groups in total. The van der Waals surface area contributed by atoms with Crippen LogP contribution < -0.4 is 10.5 Å². The van der Waals surface area contributed by atoms with E-state index in [2.05, 4.69) is 0 Å². The van der Waals surface area contributed by atoms with Crippen LogP contribution in [0.5, 0.6) is 5.75 Å². The van der Waals surface area contributed by atoms with Gasteiger partial charge in [0.1, 0.15) is 17.3 Å². The van der Waals surface area contributed by atoms with Crippen molar-refractivity contribution < 1.29 is 22.6 Å². The minimum atomic E-state index is -4.12. The maximum absolute atomic E-state index is 11.8. The summed E-state index contributed by atoms with van der Waals surface area (Å²) in [5.74, 6) is 0.629. The summed E-state index contributed by atoms with van der Waals surface area (Å²) in [7, 11) is 0. The van der Waals surface area contributed by atoms with E-state index in [4.69, 9.17) is 27.4 Å². The molecule has 0 saturated heterocycles. The third-order valence-electron chi connectivity index (χ3n) is 2.38. The second-order valence-corrected chi connectivity index (χ2v) is 4.51. The molecule has 0 radical (unpaired) electrons. The first-order valence-electron chi connectivity index (χ1n) is 6.05. The first kappa shape index (κ1) is 16.7. The molecule has 0 atom stereocenters. The highest BCUT2D eigenvalue weighted by Crippen LogP contribution is 2.21. The number of alkyl halides is 3. The van der Waals surface area contributed by atoms with Crippen molar-refractivity contribution in [2.24, 2.45) is 5.73 Å². The lowest BCUT2D eigenvalue weighted by atomic mass is 10.2. The Hall–Kier alpha value is -1.34. The molecular weight excluding hydrogens is 291 g/mol. The number of nitrogens with two attached hydrogens (primary N) is 1. The van der Waals surface area contributed by atoms with E-state index in [1.807, 2.05) is 0 Å². The average Bonchev–Trinajstić information content (AvgIpc) is 2.37. The summed E-state index contributed by atoms with van der Waals surface area (Å²) < 4.78 is 45.9. The largest absolute Gasteiger partial charge is 0.491 e. The quantitative estimate of drug-likeness (QED) is 0.592. The third-order valence-corrected chi connectivity index (χ3v) is 2.62. The zero-order valence-corrected chi connectivity index (χ0v) is 11.6. The minimum Gasteiger partial charge on any atom is -0.491 e. The number of thiocarbonyl (C=S) groups is 1. The van der Waals surface area contributed by atoms with Crippen LogP contribution in [-0.2, 0) is 4.74 Å². The van der Waals surface area contributed by atoms with Crippen molar-refractivity contribution in [3.05, 3.63) is 29.8 Å². The highest BCUT2D eigenvalue weighted by molar-refractivity contribution is 7.80. The Morgan fingerprint density at radius 1 is 1.10 bits per heavy atom. The van der Waals surface area contributed by atoms with Crippen LogP contribution in [-0.4, -0.2) is 31.0 Å². The molecule has 7 heteroatoms. The standard InChI is InChI=1S/C13H16F3NO2S/c14-13(15,16)6-1-7-18-8-9-19-11-4-2-10(3-5-11)12(17)20/h2-5H,1,6-9H2,(H2,17,20). The number of benzene rings is 1. The van der Waals surface area contributed by atoms with E-state index in [1.165, 1.54) is 0 Å². The Morgan fingerprint density at radius 2 is 1.75 bits per heavy atom. The van der Waals surface area contributed by atoms with E-state index >= 15 is 0 Å². The van der Waals surface area contributed by atoms with Crippen molar-refractivity contribution in [1.29, 1.82) is 0 Å². The van der Waals surface area contributed by atoms with E-state index in [0.29, 0.717) is 10.7 Å². The molecule has 1 rings (SSSR count). The van der Waals surface area contributed by atoms with E-state index in [1.54, 1.807) is 24.3 Å². The van der Waals surface area contributed by atoms with Crippen LogP contribution in [0.15, 0.2) is 24.3 Å². The number of rotatable bonds is 8. The van der Waals surface area contributed by atoms with E-state index < -0.39 is 12.6 Å². The van der Waals surface area contributed by atoms with Gasteiger partial charge in [-0.05, 0) is 30.7 Å². The maximum atomic E-state index is 11.8. The molecule has 0 heterocycles. The molecule has 0 fully saturated rings. The lowest BCUT2D eigenvalue weighted by Crippen LogP contribution is -2.11. The van der Waals surface area contributed by atoms with E-state index in [0.717, 1.165) is 5.56 Å². The van der Waals surface area contributed by atoms with Gasteiger partial charge in [0.15, 0.2) is 0 Å². The Bertz CT molecular complexity index is 421. The van der Waals surface area contributed by atoms with Crippen molar-refractivity contribution in [2.45, 2.75) is 19.0 Å². The van der Waals surface area contributed by atoms with Crippen LogP contribution in [0.1, 0.15) is 18.4 Å². The van der Waals surface area contributed by atoms with Gasteiger partial charge < -0.3 is 15.2 Å². The molecule has 20 heavy (non-hydrogen) atoms. The highest BCUT2D eigenvalue weighted by Gasteiger charge is 2.25. The first-order valence-corrected chi connectivity index (χ1v) is 6.46. The van der Waals surface area contributed by atoms with Gasteiger partial charge in [-0.1, -0.05) is 12.2 Å². The smallest absolute Gasteiger partial charge is 0.389 e. The Kier molecular flexibility index (Phi) is 6.74. The van der Waals surface area contributed by atoms with Crippen LogP contribution in [0.2, 0.25) is 0 Å². The Labute approximate surface area is 120 Å². The van der Waals surface area contributed by atoms with Crippen molar-refractivity contribution in [2.75, 3.05) is 19.8 Å². The third kappa shape index (κ3) is 7.30. The Balaban J connectivity index is 2.11. The minimum absolute atomic E-state index is 0.0356. The summed E-state index contributed by atoms with van der Waals surface area (Å²) >= 11 is 4.82. The maximum Gasteiger partial charge on any atom is 0.389 e. The molecule has 0 amide bonds. The van der Waals surface area contributed by atoms with Crippen LogP contribution >= 0.6 is 12.2 Å². The molecule has 0 spiro atoms. The molecular formula is C13H16F3NO2S. The summed E-state index contributed by atoms with van der Waals surface area (Å²) in [4.78, 5) is 0.310. The van der Waals surface area contributed by atoms with Gasteiger partial charge in [0, 0.05) is 18.6 Å².